The van der Waals surface area contributed by atoms with Gasteiger partial charge in [-0.2, -0.15) is 0 Å². The fourth-order valence-electron chi connectivity index (χ4n) is 4.62. The van der Waals surface area contributed by atoms with Crippen molar-refractivity contribution in [1.82, 2.24) is 29.7 Å². The smallest absolute Gasteiger partial charge is 0.170 e. The van der Waals surface area contributed by atoms with Gasteiger partial charge < -0.3 is 19.7 Å². The molecule has 0 spiro atoms. The van der Waals surface area contributed by atoms with Gasteiger partial charge in [0.1, 0.15) is 5.82 Å². The summed E-state index contributed by atoms with van der Waals surface area (Å²) in [6.07, 6.45) is 4.77. The Kier molecular flexibility index (Phi) is 6.58. The second kappa shape index (κ2) is 9.38. The summed E-state index contributed by atoms with van der Waals surface area (Å²) in [6, 6.07) is 12.6. The molecule has 1 aliphatic heterocycles. The third-order valence-electron chi connectivity index (χ3n) is 6.12. The quantitative estimate of drug-likeness (QED) is 0.549. The van der Waals surface area contributed by atoms with Crippen LogP contribution in [0.2, 0.25) is 0 Å². The Morgan fingerprint density at radius 1 is 1.06 bits per heavy atom. The Balaban J connectivity index is 1.77. The predicted molar refractivity (Wildman–Crippen MR) is 133 cm³/mol. The lowest BCUT2D eigenvalue weighted by atomic mass is 9.96. The molecular weight excluding hydrogens is 416 g/mol. The summed E-state index contributed by atoms with van der Waals surface area (Å²) >= 11 is 5.82. The minimum Gasteiger partial charge on any atom is -0.352 e. The van der Waals surface area contributed by atoms with Crippen LogP contribution >= 0.6 is 12.2 Å². The van der Waals surface area contributed by atoms with Gasteiger partial charge in [0.2, 0.25) is 0 Å². The van der Waals surface area contributed by atoms with Crippen molar-refractivity contribution >= 4 is 17.3 Å². The van der Waals surface area contributed by atoms with Crippen LogP contribution in [0.3, 0.4) is 0 Å². The molecule has 3 aromatic rings. The average molecular weight is 449 g/mol. The third-order valence-corrected chi connectivity index (χ3v) is 6.47. The molecule has 0 aromatic carbocycles. The molecule has 0 aliphatic carbocycles. The van der Waals surface area contributed by atoms with Gasteiger partial charge in [0.15, 0.2) is 5.11 Å². The van der Waals surface area contributed by atoms with Crippen LogP contribution in [0.15, 0.2) is 48.8 Å². The van der Waals surface area contributed by atoms with E-state index >= 15 is 0 Å². The van der Waals surface area contributed by atoms with Crippen molar-refractivity contribution in [3.05, 3.63) is 77.0 Å². The number of hydrogen-bond donors (Lipinski definition) is 1. The first-order chi connectivity index (χ1) is 15.4. The fraction of sp³-hybridized carbons (Fsp3) is 0.400. The van der Waals surface area contributed by atoms with E-state index in [2.05, 4.69) is 82.7 Å². The van der Waals surface area contributed by atoms with Gasteiger partial charge in [0, 0.05) is 30.3 Å². The van der Waals surface area contributed by atoms with Crippen LogP contribution in [0.1, 0.15) is 46.7 Å². The maximum Gasteiger partial charge on any atom is 0.170 e. The number of nitrogens with one attached hydrogen (secondary N) is 1. The Bertz CT molecular complexity index is 1090. The van der Waals surface area contributed by atoms with Crippen LogP contribution in [-0.4, -0.2) is 56.6 Å². The second-order valence-corrected chi connectivity index (χ2v) is 9.22. The van der Waals surface area contributed by atoms with Gasteiger partial charge in [-0.05, 0) is 102 Å². The maximum atomic E-state index is 5.82. The van der Waals surface area contributed by atoms with E-state index in [0.717, 1.165) is 36.1 Å². The number of hydrogen-bond acceptors (Lipinski definition) is 4. The molecule has 1 fully saturated rings. The highest BCUT2D eigenvalue weighted by atomic mass is 32.1. The highest BCUT2D eigenvalue weighted by molar-refractivity contribution is 7.80. The van der Waals surface area contributed by atoms with Crippen molar-refractivity contribution in [3.8, 4) is 5.82 Å². The molecule has 0 saturated carbocycles. The van der Waals surface area contributed by atoms with Gasteiger partial charge in [0.25, 0.3) is 0 Å². The standard InChI is InChI=1S/C25H32N6S/c1-17-10-12-27-22(15-17)31-18(2)16-20(19(31)3)24-23(21-9-6-7-11-26-21)28-25(32)30(24)14-8-13-29(4)5/h6-7,9-12,15-16,23-24H,8,13-14H2,1-5H3,(H,28,32)/t23-,24-/m1/s1. The molecule has 3 aromatic heterocycles. The van der Waals surface area contributed by atoms with Gasteiger partial charge in [0.05, 0.1) is 17.8 Å². The normalized spacial score (nSPS) is 18.4. The van der Waals surface area contributed by atoms with Crippen LogP contribution in [0.4, 0.5) is 0 Å². The topological polar surface area (TPSA) is 49.2 Å². The molecule has 0 bridgehead atoms. The van der Waals surface area contributed by atoms with Gasteiger partial charge in [-0.3, -0.25) is 4.98 Å². The molecule has 1 N–H and O–H groups in total. The zero-order chi connectivity index (χ0) is 22.8. The molecule has 32 heavy (non-hydrogen) atoms. The molecule has 1 saturated heterocycles. The van der Waals surface area contributed by atoms with E-state index < -0.39 is 0 Å². The summed E-state index contributed by atoms with van der Waals surface area (Å²) in [7, 11) is 4.22. The number of nitrogens with zero attached hydrogens (tertiary/aromatic N) is 5. The molecule has 0 radical (unpaired) electrons. The number of aryl methyl sites for hydroxylation is 2. The zero-order valence-corrected chi connectivity index (χ0v) is 20.4. The van der Waals surface area contributed by atoms with E-state index in [4.69, 9.17) is 12.2 Å². The summed E-state index contributed by atoms with van der Waals surface area (Å²) in [5.41, 5.74) is 5.83. The van der Waals surface area contributed by atoms with Crippen LogP contribution in [-0.2, 0) is 0 Å². The molecule has 168 valence electrons. The van der Waals surface area contributed by atoms with E-state index in [1.54, 1.807) is 0 Å². The Hall–Kier alpha value is -2.77. The molecule has 2 atom stereocenters. The Morgan fingerprint density at radius 3 is 2.56 bits per heavy atom. The lowest BCUT2D eigenvalue weighted by Gasteiger charge is -2.28. The van der Waals surface area contributed by atoms with E-state index in [1.807, 2.05) is 30.6 Å². The molecule has 4 heterocycles. The Labute approximate surface area is 196 Å². The predicted octanol–water partition coefficient (Wildman–Crippen LogP) is 4.12. The molecule has 6 nitrogen and oxygen atoms in total. The second-order valence-electron chi connectivity index (χ2n) is 8.83. The summed E-state index contributed by atoms with van der Waals surface area (Å²) < 4.78 is 2.25. The minimum atomic E-state index is 0.00229. The van der Waals surface area contributed by atoms with Crippen LogP contribution in [0.5, 0.6) is 0 Å². The van der Waals surface area contributed by atoms with Crippen molar-refractivity contribution in [2.75, 3.05) is 27.2 Å². The monoisotopic (exact) mass is 448 g/mol. The van der Waals surface area contributed by atoms with Gasteiger partial charge in [-0.1, -0.05) is 6.07 Å². The first-order valence-electron chi connectivity index (χ1n) is 11.1. The largest absolute Gasteiger partial charge is 0.352 e. The first-order valence-corrected chi connectivity index (χ1v) is 11.5. The number of aromatic nitrogens is 3. The van der Waals surface area contributed by atoms with Crippen LogP contribution in [0.25, 0.3) is 5.82 Å². The fourth-order valence-corrected chi connectivity index (χ4v) is 4.96. The van der Waals surface area contributed by atoms with E-state index in [-0.39, 0.29) is 12.1 Å². The third kappa shape index (κ3) is 4.40. The summed E-state index contributed by atoms with van der Waals surface area (Å²) in [5.74, 6) is 0.952. The summed E-state index contributed by atoms with van der Waals surface area (Å²) in [6.45, 7) is 8.34. The van der Waals surface area contributed by atoms with Crippen molar-refractivity contribution in [2.24, 2.45) is 0 Å². The number of thiocarbonyl (C=S) groups is 1. The van der Waals surface area contributed by atoms with Gasteiger partial charge >= 0.3 is 0 Å². The molecular formula is C25H32N6S. The summed E-state index contributed by atoms with van der Waals surface area (Å²) in [5, 5.41) is 4.36. The van der Waals surface area contributed by atoms with Crippen LogP contribution < -0.4 is 5.32 Å². The van der Waals surface area contributed by atoms with Crippen molar-refractivity contribution in [1.29, 1.82) is 0 Å². The van der Waals surface area contributed by atoms with E-state index in [1.165, 1.54) is 22.5 Å². The van der Waals surface area contributed by atoms with Crippen molar-refractivity contribution in [3.63, 3.8) is 0 Å². The molecule has 0 amide bonds. The molecule has 7 heteroatoms. The highest BCUT2D eigenvalue weighted by Crippen LogP contribution is 2.41. The minimum absolute atomic E-state index is 0.00229. The van der Waals surface area contributed by atoms with Gasteiger partial charge in [-0.15, -0.1) is 0 Å². The van der Waals surface area contributed by atoms with E-state index in [9.17, 15) is 0 Å². The Morgan fingerprint density at radius 2 is 1.88 bits per heavy atom. The first kappa shape index (κ1) is 22.4. The zero-order valence-electron chi connectivity index (χ0n) is 19.5. The molecule has 0 unspecified atom stereocenters. The molecule has 1 aliphatic rings. The molecule has 4 rings (SSSR count). The lowest BCUT2D eigenvalue weighted by Crippen LogP contribution is -2.32. The number of rotatable bonds is 7. The summed E-state index contributed by atoms with van der Waals surface area (Å²) in [4.78, 5) is 13.9. The SMILES string of the molecule is Cc1ccnc(-n2c(C)cc([C@@H]3[C@@H](c4ccccn4)NC(=S)N3CCCN(C)C)c2C)c1. The average Bonchev–Trinajstić information content (AvgIpc) is 3.24. The lowest BCUT2D eigenvalue weighted by molar-refractivity contribution is 0.292. The van der Waals surface area contributed by atoms with Gasteiger partial charge in [-0.25, -0.2) is 4.98 Å². The highest BCUT2D eigenvalue weighted by Gasteiger charge is 2.41. The maximum absolute atomic E-state index is 5.82. The number of pyridine rings is 2. The van der Waals surface area contributed by atoms with Crippen LogP contribution in [0, 0.1) is 20.8 Å². The van der Waals surface area contributed by atoms with Crippen molar-refractivity contribution in [2.45, 2.75) is 39.3 Å². The van der Waals surface area contributed by atoms with Crippen molar-refractivity contribution < 1.29 is 0 Å². The van der Waals surface area contributed by atoms with E-state index in [0.29, 0.717) is 0 Å².